The zero-order valence-electron chi connectivity index (χ0n) is 9.31. The molecular weight excluding hydrogens is 266 g/mol. The maximum atomic E-state index is 5.91. The Morgan fingerprint density at radius 1 is 1.44 bits per heavy atom. The minimum Gasteiger partial charge on any atom is -0.323 e. The van der Waals surface area contributed by atoms with Crippen LogP contribution in [0.2, 0.25) is 0 Å². The highest BCUT2D eigenvalue weighted by atomic mass is 79.9. The largest absolute Gasteiger partial charge is 0.323 e. The lowest BCUT2D eigenvalue weighted by Crippen LogP contribution is -2.11. The van der Waals surface area contributed by atoms with E-state index in [1.165, 1.54) is 5.56 Å². The number of aryl methyl sites for hydroxylation is 1. The Labute approximate surface area is 103 Å². The summed E-state index contributed by atoms with van der Waals surface area (Å²) in [6, 6.07) is 6.15. The van der Waals surface area contributed by atoms with Gasteiger partial charge >= 0.3 is 0 Å². The van der Waals surface area contributed by atoms with Crippen LogP contribution in [-0.2, 0) is 0 Å². The summed E-state index contributed by atoms with van der Waals surface area (Å²) in [4.78, 5) is 4.16. The summed E-state index contributed by atoms with van der Waals surface area (Å²) in [5.41, 5.74) is 9.23. The molecule has 0 amide bonds. The van der Waals surface area contributed by atoms with E-state index in [2.05, 4.69) is 40.0 Å². The van der Waals surface area contributed by atoms with Gasteiger partial charge in [0.05, 0.1) is 23.9 Å². The van der Waals surface area contributed by atoms with Crippen molar-refractivity contribution in [2.75, 3.05) is 0 Å². The molecule has 0 radical (unpaired) electrons. The van der Waals surface area contributed by atoms with Crippen LogP contribution in [0.1, 0.15) is 24.2 Å². The fraction of sp³-hybridized carbons (Fsp3) is 0.250. The van der Waals surface area contributed by atoms with Crippen LogP contribution >= 0.6 is 15.9 Å². The summed E-state index contributed by atoms with van der Waals surface area (Å²) in [5.74, 6) is 0. The third-order valence-corrected chi connectivity index (χ3v) is 3.06. The van der Waals surface area contributed by atoms with Crippen LogP contribution in [0.3, 0.4) is 0 Å². The maximum Gasteiger partial charge on any atom is 0.0994 e. The van der Waals surface area contributed by atoms with Gasteiger partial charge in [0.1, 0.15) is 0 Å². The molecule has 1 heterocycles. The van der Waals surface area contributed by atoms with Crippen LogP contribution in [0.15, 0.2) is 35.2 Å². The number of benzene rings is 1. The monoisotopic (exact) mass is 279 g/mol. The van der Waals surface area contributed by atoms with Crippen molar-refractivity contribution in [1.29, 1.82) is 0 Å². The van der Waals surface area contributed by atoms with Gasteiger partial charge in [-0.25, -0.2) is 4.98 Å². The lowest BCUT2D eigenvalue weighted by Gasteiger charge is -2.13. The van der Waals surface area contributed by atoms with Crippen LogP contribution in [0.4, 0.5) is 0 Å². The molecule has 0 fully saturated rings. The molecule has 0 saturated carbocycles. The average Bonchev–Trinajstić information content (AvgIpc) is 2.70. The summed E-state index contributed by atoms with van der Waals surface area (Å²) in [7, 11) is 0. The van der Waals surface area contributed by atoms with Crippen molar-refractivity contribution in [2.45, 2.75) is 19.9 Å². The van der Waals surface area contributed by atoms with E-state index in [0.29, 0.717) is 0 Å². The van der Waals surface area contributed by atoms with E-state index in [0.717, 1.165) is 15.9 Å². The van der Waals surface area contributed by atoms with Crippen molar-refractivity contribution in [3.05, 3.63) is 46.5 Å². The smallest absolute Gasteiger partial charge is 0.0994 e. The Morgan fingerprint density at radius 2 is 2.19 bits per heavy atom. The van der Waals surface area contributed by atoms with Crippen molar-refractivity contribution >= 4 is 15.9 Å². The summed E-state index contributed by atoms with van der Waals surface area (Å²) in [6.07, 6.45) is 3.61. The summed E-state index contributed by atoms with van der Waals surface area (Å²) < 4.78 is 3.09. The predicted molar refractivity (Wildman–Crippen MR) is 68.6 cm³/mol. The SMILES string of the molecule is Cc1ccc(Br)cc1-n1cncc1[C@@H](C)N. The second-order valence-corrected chi connectivity index (χ2v) is 4.82. The second kappa shape index (κ2) is 4.39. The number of nitrogens with zero attached hydrogens (tertiary/aromatic N) is 2. The van der Waals surface area contributed by atoms with E-state index in [-0.39, 0.29) is 6.04 Å². The fourth-order valence-corrected chi connectivity index (χ4v) is 2.03. The van der Waals surface area contributed by atoms with Gasteiger partial charge in [-0.3, -0.25) is 0 Å². The molecule has 0 saturated heterocycles. The molecule has 1 atom stereocenters. The standard InChI is InChI=1S/C12H14BrN3/c1-8-3-4-10(13)5-11(8)16-7-15-6-12(16)9(2)14/h3-7,9H,14H2,1-2H3/t9-/m1/s1. The highest BCUT2D eigenvalue weighted by Crippen LogP contribution is 2.22. The first kappa shape index (κ1) is 11.4. The number of aromatic nitrogens is 2. The third-order valence-electron chi connectivity index (χ3n) is 2.56. The van der Waals surface area contributed by atoms with E-state index >= 15 is 0 Å². The highest BCUT2D eigenvalue weighted by Gasteiger charge is 2.10. The van der Waals surface area contributed by atoms with E-state index in [4.69, 9.17) is 5.73 Å². The minimum absolute atomic E-state index is 0.0270. The van der Waals surface area contributed by atoms with Crippen molar-refractivity contribution < 1.29 is 0 Å². The maximum absolute atomic E-state index is 5.91. The molecule has 0 unspecified atom stereocenters. The molecule has 2 aromatic rings. The first-order valence-electron chi connectivity index (χ1n) is 5.14. The van der Waals surface area contributed by atoms with Gasteiger partial charge in [-0.15, -0.1) is 0 Å². The molecule has 4 heteroatoms. The van der Waals surface area contributed by atoms with Gasteiger partial charge in [0.15, 0.2) is 0 Å². The number of hydrogen-bond donors (Lipinski definition) is 1. The second-order valence-electron chi connectivity index (χ2n) is 3.91. The molecule has 0 bridgehead atoms. The lowest BCUT2D eigenvalue weighted by atomic mass is 10.2. The first-order valence-corrected chi connectivity index (χ1v) is 5.93. The lowest BCUT2D eigenvalue weighted by molar-refractivity contribution is 0.751. The van der Waals surface area contributed by atoms with Crippen molar-refractivity contribution in [2.24, 2.45) is 5.73 Å². The molecule has 0 aliphatic heterocycles. The molecule has 84 valence electrons. The summed E-state index contributed by atoms with van der Waals surface area (Å²) in [6.45, 7) is 4.04. The van der Waals surface area contributed by atoms with Gasteiger partial charge in [0, 0.05) is 10.5 Å². The molecule has 0 spiro atoms. The average molecular weight is 280 g/mol. The van der Waals surface area contributed by atoms with Gasteiger partial charge in [-0.1, -0.05) is 22.0 Å². The number of hydrogen-bond acceptors (Lipinski definition) is 2. The Balaban J connectivity index is 2.58. The number of imidazole rings is 1. The Bertz CT molecular complexity index is 503. The van der Waals surface area contributed by atoms with Gasteiger partial charge in [0.25, 0.3) is 0 Å². The summed E-state index contributed by atoms with van der Waals surface area (Å²) in [5, 5.41) is 0. The molecule has 2 N–H and O–H groups in total. The van der Waals surface area contributed by atoms with Crippen LogP contribution in [0.5, 0.6) is 0 Å². The minimum atomic E-state index is -0.0270. The molecule has 1 aromatic carbocycles. The zero-order chi connectivity index (χ0) is 11.7. The number of nitrogens with two attached hydrogens (primary N) is 1. The van der Waals surface area contributed by atoms with E-state index < -0.39 is 0 Å². The molecule has 1 aromatic heterocycles. The molecule has 0 aliphatic rings. The Kier molecular flexibility index (Phi) is 3.12. The Morgan fingerprint density at radius 3 is 2.88 bits per heavy atom. The molecule has 0 aliphatic carbocycles. The predicted octanol–water partition coefficient (Wildman–Crippen LogP) is 2.96. The van der Waals surface area contributed by atoms with E-state index in [1.807, 2.05) is 23.8 Å². The van der Waals surface area contributed by atoms with Crippen molar-refractivity contribution in [3.63, 3.8) is 0 Å². The molecule has 2 rings (SSSR count). The van der Waals surface area contributed by atoms with Gasteiger partial charge < -0.3 is 10.3 Å². The van der Waals surface area contributed by atoms with Crippen LogP contribution in [-0.4, -0.2) is 9.55 Å². The van der Waals surface area contributed by atoms with E-state index in [9.17, 15) is 0 Å². The van der Waals surface area contributed by atoms with Crippen LogP contribution in [0.25, 0.3) is 5.69 Å². The number of halogens is 1. The fourth-order valence-electron chi connectivity index (χ4n) is 1.69. The third kappa shape index (κ3) is 2.03. The zero-order valence-corrected chi connectivity index (χ0v) is 10.9. The van der Waals surface area contributed by atoms with Crippen molar-refractivity contribution in [3.8, 4) is 5.69 Å². The molecule has 16 heavy (non-hydrogen) atoms. The van der Waals surface area contributed by atoms with Crippen molar-refractivity contribution in [1.82, 2.24) is 9.55 Å². The topological polar surface area (TPSA) is 43.8 Å². The van der Waals surface area contributed by atoms with Gasteiger partial charge in [0.2, 0.25) is 0 Å². The van der Waals surface area contributed by atoms with Gasteiger partial charge in [-0.05, 0) is 31.5 Å². The normalized spacial score (nSPS) is 12.8. The first-order chi connectivity index (χ1) is 7.59. The molecule has 3 nitrogen and oxygen atoms in total. The summed E-state index contributed by atoms with van der Waals surface area (Å²) >= 11 is 3.48. The van der Waals surface area contributed by atoms with Gasteiger partial charge in [-0.2, -0.15) is 0 Å². The van der Waals surface area contributed by atoms with E-state index in [1.54, 1.807) is 6.33 Å². The Hall–Kier alpha value is -1.13. The molecular formula is C12H14BrN3. The van der Waals surface area contributed by atoms with Crippen LogP contribution in [0, 0.1) is 6.92 Å². The highest BCUT2D eigenvalue weighted by molar-refractivity contribution is 9.10. The number of rotatable bonds is 2. The van der Waals surface area contributed by atoms with Crippen LogP contribution < -0.4 is 5.73 Å². The quantitative estimate of drug-likeness (QED) is 0.919.